The molecule has 0 bridgehead atoms. The van der Waals surface area contributed by atoms with Gasteiger partial charge in [0.05, 0.1) is 31.0 Å². The molecule has 1 aromatic carbocycles. The van der Waals surface area contributed by atoms with Gasteiger partial charge in [-0.2, -0.15) is 9.36 Å². The summed E-state index contributed by atoms with van der Waals surface area (Å²) in [5.41, 5.74) is 3.17. The molecule has 7 nitrogen and oxygen atoms in total. The number of aromatic nitrogens is 2. The molecule has 1 aliphatic rings. The summed E-state index contributed by atoms with van der Waals surface area (Å²) in [7, 11) is 3.24. The van der Waals surface area contributed by atoms with Crippen molar-refractivity contribution in [1.82, 2.24) is 9.36 Å². The Kier molecular flexibility index (Phi) is 9.97. The molecule has 0 radical (unpaired) electrons. The lowest BCUT2D eigenvalue weighted by atomic mass is 9.90. The van der Waals surface area contributed by atoms with Crippen molar-refractivity contribution in [2.75, 3.05) is 31.0 Å². The first-order valence-corrected chi connectivity index (χ1v) is 13.3. The van der Waals surface area contributed by atoms with Crippen LogP contribution in [0, 0.1) is 5.92 Å². The Morgan fingerprint density at radius 2 is 2.00 bits per heavy atom. The Bertz CT molecular complexity index is 933. The van der Waals surface area contributed by atoms with Crippen molar-refractivity contribution in [3.8, 4) is 0 Å². The average Bonchev–Trinajstić information content (AvgIpc) is 3.26. The van der Waals surface area contributed by atoms with E-state index in [0.29, 0.717) is 29.6 Å². The quantitative estimate of drug-likeness (QED) is 0.351. The third-order valence-electron chi connectivity index (χ3n) is 6.87. The molecule has 1 heterocycles. The van der Waals surface area contributed by atoms with Crippen LogP contribution in [0.3, 0.4) is 0 Å². The van der Waals surface area contributed by atoms with Crippen LogP contribution >= 0.6 is 23.1 Å². The number of hydrogen-bond donors (Lipinski definition) is 1. The Morgan fingerprint density at radius 3 is 2.59 bits per heavy atom. The molecular weight excluding hydrogens is 472 g/mol. The highest BCUT2D eigenvalue weighted by molar-refractivity contribution is 7.10. The predicted molar refractivity (Wildman–Crippen MR) is 140 cm³/mol. The molecule has 1 unspecified atom stereocenters. The molecule has 0 spiro atoms. The molecule has 2 atom stereocenters. The molecule has 1 saturated carbocycles. The highest BCUT2D eigenvalue weighted by Gasteiger charge is 2.29. The fraction of sp³-hybridized carbons (Fsp3) is 0.640. The first kappa shape index (κ1) is 26.7. The van der Waals surface area contributed by atoms with Gasteiger partial charge in [-0.15, -0.1) is 0 Å². The number of hydrogen-bond acceptors (Lipinski definition) is 8. The number of halogens is 1. The van der Waals surface area contributed by atoms with Crippen molar-refractivity contribution in [2.24, 2.45) is 5.92 Å². The number of carbonyl (C=O) groups is 1. The van der Waals surface area contributed by atoms with E-state index >= 15 is 0 Å². The van der Waals surface area contributed by atoms with E-state index in [0.717, 1.165) is 55.6 Å². The van der Waals surface area contributed by atoms with Gasteiger partial charge in [0.15, 0.2) is 0 Å². The highest BCUT2D eigenvalue weighted by atomic mass is 35.5. The zero-order valence-electron chi connectivity index (χ0n) is 20.8. The summed E-state index contributed by atoms with van der Waals surface area (Å²) in [4.78, 5) is 18.7. The summed E-state index contributed by atoms with van der Waals surface area (Å²) in [6.07, 6.45) is 6.13. The maximum Gasteiger partial charge on any atom is 0.306 e. The summed E-state index contributed by atoms with van der Waals surface area (Å²) < 4.78 is 14.6. The lowest BCUT2D eigenvalue weighted by Gasteiger charge is -2.40. The van der Waals surface area contributed by atoms with Crippen LogP contribution in [0.1, 0.15) is 70.8 Å². The Labute approximate surface area is 212 Å². The van der Waals surface area contributed by atoms with Gasteiger partial charge in [-0.3, -0.25) is 4.79 Å². The second-order valence-electron chi connectivity index (χ2n) is 9.28. The van der Waals surface area contributed by atoms with E-state index in [1.807, 2.05) is 14.0 Å². The summed E-state index contributed by atoms with van der Waals surface area (Å²) in [6, 6.07) is 6.88. The number of carbonyl (C=O) groups excluding carboxylic acids is 1. The van der Waals surface area contributed by atoms with Gasteiger partial charge in [0.2, 0.25) is 10.4 Å². The van der Waals surface area contributed by atoms with Gasteiger partial charge in [0.25, 0.3) is 0 Å². The van der Waals surface area contributed by atoms with Crippen LogP contribution < -0.4 is 10.2 Å². The standard InChI is InChI=1S/C25H37ClN4O3S/c1-6-16(2)15-30(19-8-10-20(32-4)11-9-19)22-12-7-18(17(3)13-23(31)33-5)14-21(22)27-25-28-24(26)29-34-25/h7,12,14,16-17,19-20H,6,8-11,13,15H2,1-5H3,(H,27,28,29)/t16?,17-,19-,20-/m1/s1. The summed E-state index contributed by atoms with van der Waals surface area (Å²) >= 11 is 7.23. The van der Waals surface area contributed by atoms with Crippen molar-refractivity contribution in [2.45, 2.75) is 77.4 Å². The fourth-order valence-electron chi connectivity index (χ4n) is 4.54. The van der Waals surface area contributed by atoms with Crippen molar-refractivity contribution in [1.29, 1.82) is 0 Å². The zero-order chi connectivity index (χ0) is 24.7. The minimum absolute atomic E-state index is 0.0280. The molecule has 1 aliphatic carbocycles. The van der Waals surface area contributed by atoms with Gasteiger partial charge < -0.3 is 19.7 Å². The Morgan fingerprint density at radius 1 is 1.26 bits per heavy atom. The number of nitrogens with one attached hydrogen (secondary N) is 1. The SMILES string of the molecule is CCC(C)CN(c1ccc([C@H](C)CC(=O)OC)cc1Nc1nc(Cl)ns1)[C@H]1CC[C@H](OC)CC1. The first-order valence-electron chi connectivity index (χ1n) is 12.1. The second kappa shape index (κ2) is 12.7. The number of nitrogens with zero attached hydrogens (tertiary/aromatic N) is 3. The molecule has 9 heteroatoms. The molecule has 188 valence electrons. The molecule has 34 heavy (non-hydrogen) atoms. The van der Waals surface area contributed by atoms with Crippen LogP contribution in [0.25, 0.3) is 0 Å². The summed E-state index contributed by atoms with van der Waals surface area (Å²) in [5.74, 6) is 0.373. The van der Waals surface area contributed by atoms with Gasteiger partial charge in [-0.05, 0) is 66.8 Å². The van der Waals surface area contributed by atoms with Crippen LogP contribution in [0.15, 0.2) is 18.2 Å². The molecule has 1 fully saturated rings. The zero-order valence-corrected chi connectivity index (χ0v) is 22.4. The number of methoxy groups -OCH3 is 2. The topological polar surface area (TPSA) is 76.6 Å². The fourth-order valence-corrected chi connectivity index (χ4v) is 5.26. The van der Waals surface area contributed by atoms with E-state index in [1.165, 1.54) is 18.6 Å². The van der Waals surface area contributed by atoms with E-state index in [9.17, 15) is 4.79 Å². The molecule has 0 saturated heterocycles. The predicted octanol–water partition coefficient (Wildman–Crippen LogP) is 6.41. The van der Waals surface area contributed by atoms with Crippen LogP contribution in [-0.2, 0) is 14.3 Å². The van der Waals surface area contributed by atoms with Crippen LogP contribution in [0.2, 0.25) is 5.28 Å². The summed E-state index contributed by atoms with van der Waals surface area (Å²) in [5, 5.41) is 4.35. The van der Waals surface area contributed by atoms with Crippen LogP contribution in [0.5, 0.6) is 0 Å². The monoisotopic (exact) mass is 508 g/mol. The van der Waals surface area contributed by atoms with E-state index in [-0.39, 0.29) is 17.2 Å². The van der Waals surface area contributed by atoms with Crippen molar-refractivity contribution in [3.05, 3.63) is 29.0 Å². The van der Waals surface area contributed by atoms with Crippen molar-refractivity contribution in [3.63, 3.8) is 0 Å². The number of benzene rings is 1. The van der Waals surface area contributed by atoms with E-state index in [1.54, 1.807) is 0 Å². The van der Waals surface area contributed by atoms with Crippen molar-refractivity contribution < 1.29 is 14.3 Å². The molecule has 0 aliphatic heterocycles. The second-order valence-corrected chi connectivity index (χ2v) is 10.4. The lowest BCUT2D eigenvalue weighted by molar-refractivity contribution is -0.140. The third kappa shape index (κ3) is 7.06. The molecule has 0 amide bonds. The maximum atomic E-state index is 11.9. The van der Waals surface area contributed by atoms with E-state index in [2.05, 4.69) is 51.6 Å². The summed E-state index contributed by atoms with van der Waals surface area (Å²) in [6.45, 7) is 7.56. The number of rotatable bonds is 11. The molecular formula is C25H37ClN4O3S. The minimum atomic E-state index is -0.213. The molecule has 3 rings (SSSR count). The smallest absolute Gasteiger partial charge is 0.306 e. The third-order valence-corrected chi connectivity index (χ3v) is 7.77. The number of ether oxygens (including phenoxy) is 2. The minimum Gasteiger partial charge on any atom is -0.469 e. The first-order chi connectivity index (χ1) is 16.3. The van der Waals surface area contributed by atoms with Gasteiger partial charge in [0.1, 0.15) is 0 Å². The van der Waals surface area contributed by atoms with Crippen LogP contribution in [-0.4, -0.2) is 48.2 Å². The van der Waals surface area contributed by atoms with Crippen LogP contribution in [0.4, 0.5) is 16.5 Å². The largest absolute Gasteiger partial charge is 0.469 e. The van der Waals surface area contributed by atoms with Gasteiger partial charge >= 0.3 is 5.97 Å². The maximum absolute atomic E-state index is 11.9. The molecule has 2 aromatic rings. The van der Waals surface area contributed by atoms with E-state index < -0.39 is 0 Å². The number of esters is 1. The van der Waals surface area contributed by atoms with Gasteiger partial charge in [-0.1, -0.05) is 33.3 Å². The average molecular weight is 509 g/mol. The Hall–Kier alpha value is -1.90. The number of anilines is 3. The normalized spacial score (nSPS) is 19.9. The van der Waals surface area contributed by atoms with Gasteiger partial charge in [-0.25, -0.2) is 0 Å². The highest BCUT2D eigenvalue weighted by Crippen LogP contribution is 2.38. The van der Waals surface area contributed by atoms with Crippen molar-refractivity contribution >= 4 is 45.6 Å². The Balaban J connectivity index is 1.97. The van der Waals surface area contributed by atoms with E-state index in [4.69, 9.17) is 21.1 Å². The lowest BCUT2D eigenvalue weighted by Crippen LogP contribution is -2.42. The van der Waals surface area contributed by atoms with Gasteiger partial charge in [0, 0.05) is 31.2 Å². The molecule has 1 N–H and O–H groups in total. The molecule has 1 aromatic heterocycles.